The molecule has 1 heterocycles. The van der Waals surface area contributed by atoms with E-state index >= 15 is 0 Å². The van der Waals surface area contributed by atoms with Crippen LogP contribution in [0.5, 0.6) is 0 Å². The Morgan fingerprint density at radius 3 is 2.82 bits per heavy atom. The molecule has 2 unspecified atom stereocenters. The highest BCUT2D eigenvalue weighted by Crippen LogP contribution is 2.25. The molecule has 1 aliphatic carbocycles. The molecule has 0 amide bonds. The number of allylic oxidation sites excluding steroid dienone is 2. The molecule has 0 spiro atoms. The van der Waals surface area contributed by atoms with E-state index in [2.05, 4.69) is 0 Å². The molecule has 0 bridgehead atoms. The summed E-state index contributed by atoms with van der Waals surface area (Å²) in [5.74, 6) is 1.31. The van der Waals surface area contributed by atoms with E-state index in [4.69, 9.17) is 14.2 Å². The van der Waals surface area contributed by atoms with E-state index in [1.54, 1.807) is 31.2 Å². The largest absolute Gasteiger partial charge is 0.486 e. The van der Waals surface area contributed by atoms with Crippen LogP contribution in [0.3, 0.4) is 0 Å². The number of aliphatic hydroxyl groups is 1. The molecule has 2 rings (SSSR count). The van der Waals surface area contributed by atoms with Crippen molar-refractivity contribution in [3.05, 3.63) is 35.8 Å². The Balaban J connectivity index is 2.06. The maximum Gasteiger partial charge on any atom is 0.161 e. The van der Waals surface area contributed by atoms with Gasteiger partial charge in [-0.3, -0.25) is 0 Å². The summed E-state index contributed by atoms with van der Waals surface area (Å²) in [7, 11) is 0. The molecular formula is C13H18O4. The van der Waals surface area contributed by atoms with Crippen LogP contribution in [0.1, 0.15) is 13.8 Å². The van der Waals surface area contributed by atoms with Crippen LogP contribution >= 0.6 is 0 Å². The SMILES string of the molecule is CCOCC1COC2=C(C=CC(C)(O)C=C2)O1. The van der Waals surface area contributed by atoms with Gasteiger partial charge in [0.1, 0.15) is 6.61 Å². The van der Waals surface area contributed by atoms with Crippen molar-refractivity contribution in [1.29, 1.82) is 0 Å². The Bertz CT molecular complexity index is 366. The summed E-state index contributed by atoms with van der Waals surface area (Å²) in [6.45, 7) is 5.30. The fraction of sp³-hybridized carbons (Fsp3) is 0.538. The number of rotatable bonds is 3. The van der Waals surface area contributed by atoms with Gasteiger partial charge in [-0.25, -0.2) is 0 Å². The second-order valence-electron chi connectivity index (χ2n) is 4.33. The van der Waals surface area contributed by atoms with Crippen LogP contribution in [0.4, 0.5) is 0 Å². The molecule has 4 nitrogen and oxygen atoms in total. The zero-order valence-electron chi connectivity index (χ0n) is 10.2. The molecule has 1 N–H and O–H groups in total. The fourth-order valence-corrected chi connectivity index (χ4v) is 1.65. The summed E-state index contributed by atoms with van der Waals surface area (Å²) in [4.78, 5) is 0. The monoisotopic (exact) mass is 238 g/mol. The van der Waals surface area contributed by atoms with Crippen LogP contribution in [-0.4, -0.2) is 36.6 Å². The third-order valence-electron chi connectivity index (χ3n) is 2.61. The molecule has 0 aromatic heterocycles. The van der Waals surface area contributed by atoms with Gasteiger partial charge in [0, 0.05) is 6.61 Å². The Kier molecular flexibility index (Phi) is 3.54. The molecule has 0 fully saturated rings. The standard InChI is InChI=1S/C13H18O4/c1-3-15-8-10-9-16-11-4-6-13(2,14)7-5-12(11)17-10/h4-7,10,14H,3,8-9H2,1-2H3. The molecular weight excluding hydrogens is 220 g/mol. The van der Waals surface area contributed by atoms with Gasteiger partial charge in [0.05, 0.1) is 12.2 Å². The van der Waals surface area contributed by atoms with Gasteiger partial charge in [-0.05, 0) is 38.2 Å². The number of ether oxygens (including phenoxy) is 3. The van der Waals surface area contributed by atoms with Gasteiger partial charge >= 0.3 is 0 Å². The first-order valence-electron chi connectivity index (χ1n) is 5.83. The summed E-state index contributed by atoms with van der Waals surface area (Å²) in [6.07, 6.45) is 6.76. The van der Waals surface area contributed by atoms with E-state index in [1.165, 1.54) is 0 Å². The minimum absolute atomic E-state index is 0.0881. The highest BCUT2D eigenvalue weighted by atomic mass is 16.6. The van der Waals surface area contributed by atoms with Crippen molar-refractivity contribution < 1.29 is 19.3 Å². The average Bonchev–Trinajstić information content (AvgIpc) is 2.46. The third-order valence-corrected chi connectivity index (χ3v) is 2.61. The molecule has 2 aliphatic rings. The van der Waals surface area contributed by atoms with Crippen molar-refractivity contribution in [3.63, 3.8) is 0 Å². The maximum absolute atomic E-state index is 9.87. The quantitative estimate of drug-likeness (QED) is 0.810. The van der Waals surface area contributed by atoms with Gasteiger partial charge in [-0.2, -0.15) is 0 Å². The Morgan fingerprint density at radius 1 is 1.41 bits per heavy atom. The second-order valence-corrected chi connectivity index (χ2v) is 4.33. The van der Waals surface area contributed by atoms with Gasteiger partial charge in [0.25, 0.3) is 0 Å². The van der Waals surface area contributed by atoms with Crippen LogP contribution in [0.15, 0.2) is 35.8 Å². The molecule has 17 heavy (non-hydrogen) atoms. The summed E-state index contributed by atoms with van der Waals surface area (Å²) in [5.41, 5.74) is -0.959. The van der Waals surface area contributed by atoms with Gasteiger partial charge < -0.3 is 19.3 Å². The van der Waals surface area contributed by atoms with Crippen molar-refractivity contribution in [3.8, 4) is 0 Å². The van der Waals surface area contributed by atoms with E-state index in [1.807, 2.05) is 6.92 Å². The Morgan fingerprint density at radius 2 is 2.12 bits per heavy atom. The van der Waals surface area contributed by atoms with E-state index in [0.717, 1.165) is 0 Å². The van der Waals surface area contributed by atoms with Gasteiger partial charge in [0.2, 0.25) is 0 Å². The number of hydrogen-bond acceptors (Lipinski definition) is 4. The molecule has 0 saturated heterocycles. The first-order valence-corrected chi connectivity index (χ1v) is 5.83. The Labute approximate surface area is 101 Å². The molecule has 94 valence electrons. The minimum Gasteiger partial charge on any atom is -0.486 e. The predicted molar refractivity (Wildman–Crippen MR) is 63.2 cm³/mol. The molecule has 0 aromatic carbocycles. The fourth-order valence-electron chi connectivity index (χ4n) is 1.65. The maximum atomic E-state index is 9.87. The van der Waals surface area contributed by atoms with Gasteiger partial charge in [0.15, 0.2) is 17.6 Å². The molecule has 0 aromatic rings. The lowest BCUT2D eigenvalue weighted by molar-refractivity contribution is -0.0402. The van der Waals surface area contributed by atoms with E-state index in [9.17, 15) is 5.11 Å². The van der Waals surface area contributed by atoms with E-state index in [0.29, 0.717) is 31.3 Å². The van der Waals surface area contributed by atoms with Crippen LogP contribution < -0.4 is 0 Å². The second kappa shape index (κ2) is 4.94. The predicted octanol–water partition coefficient (Wildman–Crippen LogP) is 1.53. The van der Waals surface area contributed by atoms with Crippen molar-refractivity contribution in [2.45, 2.75) is 25.6 Å². The molecule has 4 heteroatoms. The van der Waals surface area contributed by atoms with E-state index in [-0.39, 0.29) is 6.10 Å². The van der Waals surface area contributed by atoms with Crippen LogP contribution in [0.25, 0.3) is 0 Å². The highest BCUT2D eigenvalue weighted by Gasteiger charge is 2.24. The summed E-state index contributed by atoms with van der Waals surface area (Å²) in [5, 5.41) is 9.87. The number of hydrogen-bond donors (Lipinski definition) is 1. The zero-order valence-corrected chi connectivity index (χ0v) is 10.2. The van der Waals surface area contributed by atoms with Crippen LogP contribution in [0.2, 0.25) is 0 Å². The van der Waals surface area contributed by atoms with E-state index < -0.39 is 5.60 Å². The van der Waals surface area contributed by atoms with Crippen molar-refractivity contribution in [2.24, 2.45) is 0 Å². The van der Waals surface area contributed by atoms with Gasteiger partial charge in [-0.1, -0.05) is 0 Å². The zero-order chi connectivity index (χ0) is 12.3. The average molecular weight is 238 g/mol. The highest BCUT2D eigenvalue weighted by molar-refractivity contribution is 5.34. The lowest BCUT2D eigenvalue weighted by Gasteiger charge is -2.26. The van der Waals surface area contributed by atoms with Crippen LogP contribution in [-0.2, 0) is 14.2 Å². The summed E-state index contributed by atoms with van der Waals surface area (Å²) < 4.78 is 16.6. The lowest BCUT2D eigenvalue weighted by Crippen LogP contribution is -2.29. The molecule has 0 radical (unpaired) electrons. The first kappa shape index (κ1) is 12.2. The molecule has 2 atom stereocenters. The summed E-state index contributed by atoms with van der Waals surface area (Å²) >= 11 is 0. The molecule has 0 saturated carbocycles. The van der Waals surface area contributed by atoms with Gasteiger partial charge in [-0.15, -0.1) is 0 Å². The van der Waals surface area contributed by atoms with Crippen molar-refractivity contribution in [1.82, 2.24) is 0 Å². The third kappa shape index (κ3) is 3.11. The van der Waals surface area contributed by atoms with Crippen molar-refractivity contribution >= 4 is 0 Å². The summed E-state index contributed by atoms with van der Waals surface area (Å²) in [6, 6.07) is 0. The van der Waals surface area contributed by atoms with Crippen LogP contribution in [0, 0.1) is 0 Å². The molecule has 1 aliphatic heterocycles. The smallest absolute Gasteiger partial charge is 0.161 e. The Hall–Kier alpha value is -1.26. The topological polar surface area (TPSA) is 47.9 Å². The first-order chi connectivity index (χ1) is 8.11. The lowest BCUT2D eigenvalue weighted by atomic mass is 10.1. The normalized spacial score (nSPS) is 31.6. The minimum atomic E-state index is -0.959. The van der Waals surface area contributed by atoms with Crippen molar-refractivity contribution in [2.75, 3.05) is 19.8 Å².